The summed E-state index contributed by atoms with van der Waals surface area (Å²) in [6.07, 6.45) is 2.51. The van der Waals surface area contributed by atoms with E-state index in [1.165, 1.54) is 5.56 Å². The third kappa shape index (κ3) is 2.20. The number of rotatable bonds is 3. The van der Waals surface area contributed by atoms with E-state index in [9.17, 15) is 0 Å². The molecule has 0 saturated carbocycles. The minimum absolute atomic E-state index is 0.432. The predicted octanol–water partition coefficient (Wildman–Crippen LogP) is 1.71. The molecule has 0 saturated heterocycles. The van der Waals surface area contributed by atoms with Gasteiger partial charge in [-0.15, -0.1) is 0 Å². The zero-order chi connectivity index (χ0) is 11.4. The van der Waals surface area contributed by atoms with Crippen LogP contribution in [0.2, 0.25) is 0 Å². The van der Waals surface area contributed by atoms with Crippen LogP contribution in [0.1, 0.15) is 16.8 Å². The Kier molecular flexibility index (Phi) is 3.17. The molecule has 16 heavy (non-hydrogen) atoms. The van der Waals surface area contributed by atoms with E-state index in [2.05, 4.69) is 17.1 Å². The predicted molar refractivity (Wildman–Crippen MR) is 65.8 cm³/mol. The van der Waals surface area contributed by atoms with Crippen LogP contribution < -0.4 is 11.5 Å². The van der Waals surface area contributed by atoms with Gasteiger partial charge >= 0.3 is 0 Å². The SMILES string of the molecule is NCc1c(N)ccnc1Cc1ccccc1. The molecule has 2 rings (SSSR count). The zero-order valence-electron chi connectivity index (χ0n) is 9.06. The third-order valence-corrected chi connectivity index (χ3v) is 2.60. The second kappa shape index (κ2) is 4.77. The summed E-state index contributed by atoms with van der Waals surface area (Å²) in [5.41, 5.74) is 15.4. The van der Waals surface area contributed by atoms with Gasteiger partial charge in [-0.05, 0) is 11.6 Å². The van der Waals surface area contributed by atoms with Crippen molar-refractivity contribution in [2.45, 2.75) is 13.0 Å². The highest BCUT2D eigenvalue weighted by atomic mass is 14.7. The van der Waals surface area contributed by atoms with E-state index < -0.39 is 0 Å². The van der Waals surface area contributed by atoms with E-state index in [4.69, 9.17) is 11.5 Å². The lowest BCUT2D eigenvalue weighted by Crippen LogP contribution is -2.08. The van der Waals surface area contributed by atoms with E-state index in [0.717, 1.165) is 23.4 Å². The number of hydrogen-bond donors (Lipinski definition) is 2. The Labute approximate surface area is 95.1 Å². The highest BCUT2D eigenvalue weighted by molar-refractivity contribution is 5.49. The van der Waals surface area contributed by atoms with E-state index in [1.54, 1.807) is 12.3 Å². The summed E-state index contributed by atoms with van der Waals surface area (Å²) in [5, 5.41) is 0. The summed E-state index contributed by atoms with van der Waals surface area (Å²) in [7, 11) is 0. The summed E-state index contributed by atoms with van der Waals surface area (Å²) in [5.74, 6) is 0. The molecule has 1 heterocycles. The molecule has 0 spiro atoms. The fourth-order valence-corrected chi connectivity index (χ4v) is 1.73. The molecule has 0 aliphatic rings. The van der Waals surface area contributed by atoms with Crippen molar-refractivity contribution >= 4 is 5.69 Å². The van der Waals surface area contributed by atoms with Gasteiger partial charge in [0, 0.05) is 30.4 Å². The summed E-state index contributed by atoms with van der Waals surface area (Å²) >= 11 is 0. The van der Waals surface area contributed by atoms with Crippen LogP contribution in [0.3, 0.4) is 0 Å². The van der Waals surface area contributed by atoms with Crippen LogP contribution in [0, 0.1) is 0 Å². The lowest BCUT2D eigenvalue weighted by molar-refractivity contribution is 0.968. The molecule has 0 bridgehead atoms. The summed E-state index contributed by atoms with van der Waals surface area (Å²) < 4.78 is 0. The quantitative estimate of drug-likeness (QED) is 0.815. The monoisotopic (exact) mass is 213 g/mol. The standard InChI is InChI=1S/C13H15N3/c14-9-11-12(15)6-7-16-13(11)8-10-4-2-1-3-5-10/h1-7H,8-9,14H2,(H2,15,16). The van der Waals surface area contributed by atoms with Gasteiger partial charge in [0.25, 0.3) is 0 Å². The van der Waals surface area contributed by atoms with Crippen LogP contribution in [0.15, 0.2) is 42.6 Å². The number of nitrogens with zero attached hydrogens (tertiary/aromatic N) is 1. The molecule has 4 N–H and O–H groups in total. The van der Waals surface area contributed by atoms with Crippen molar-refractivity contribution in [3.8, 4) is 0 Å². The number of anilines is 1. The van der Waals surface area contributed by atoms with E-state index in [-0.39, 0.29) is 0 Å². The topological polar surface area (TPSA) is 64.9 Å². The Balaban J connectivity index is 2.31. The number of benzene rings is 1. The van der Waals surface area contributed by atoms with Gasteiger partial charge in [-0.1, -0.05) is 30.3 Å². The van der Waals surface area contributed by atoms with Crippen molar-refractivity contribution < 1.29 is 0 Å². The van der Waals surface area contributed by atoms with Gasteiger partial charge in [-0.3, -0.25) is 4.98 Å². The molecule has 1 aromatic carbocycles. The maximum atomic E-state index is 5.87. The first-order chi connectivity index (χ1) is 7.81. The number of aromatic nitrogens is 1. The Morgan fingerprint density at radius 3 is 2.50 bits per heavy atom. The Morgan fingerprint density at radius 2 is 1.81 bits per heavy atom. The summed E-state index contributed by atoms with van der Waals surface area (Å²) in [6.45, 7) is 0.432. The van der Waals surface area contributed by atoms with Crippen LogP contribution in [0.5, 0.6) is 0 Å². The van der Waals surface area contributed by atoms with Crippen molar-refractivity contribution in [1.29, 1.82) is 0 Å². The minimum atomic E-state index is 0.432. The lowest BCUT2D eigenvalue weighted by Gasteiger charge is -2.09. The maximum Gasteiger partial charge on any atom is 0.0512 e. The zero-order valence-corrected chi connectivity index (χ0v) is 9.06. The van der Waals surface area contributed by atoms with Gasteiger partial charge in [0.1, 0.15) is 0 Å². The highest BCUT2D eigenvalue weighted by Crippen LogP contribution is 2.17. The Hall–Kier alpha value is -1.87. The van der Waals surface area contributed by atoms with Crippen LogP contribution in [0.4, 0.5) is 5.69 Å². The molecule has 0 aliphatic heterocycles. The van der Waals surface area contributed by atoms with Gasteiger partial charge in [0.15, 0.2) is 0 Å². The lowest BCUT2D eigenvalue weighted by atomic mass is 10.0. The van der Waals surface area contributed by atoms with Crippen LogP contribution >= 0.6 is 0 Å². The Morgan fingerprint density at radius 1 is 1.06 bits per heavy atom. The third-order valence-electron chi connectivity index (χ3n) is 2.60. The fourth-order valence-electron chi connectivity index (χ4n) is 1.73. The number of pyridine rings is 1. The molecular formula is C13H15N3. The molecule has 3 heteroatoms. The molecule has 0 atom stereocenters. The van der Waals surface area contributed by atoms with Gasteiger partial charge in [-0.25, -0.2) is 0 Å². The largest absolute Gasteiger partial charge is 0.398 e. The first kappa shape index (κ1) is 10.6. The van der Waals surface area contributed by atoms with Gasteiger partial charge in [-0.2, -0.15) is 0 Å². The van der Waals surface area contributed by atoms with Crippen molar-refractivity contribution in [3.63, 3.8) is 0 Å². The van der Waals surface area contributed by atoms with Crippen LogP contribution in [0.25, 0.3) is 0 Å². The van der Waals surface area contributed by atoms with Gasteiger partial charge in [0.05, 0.1) is 5.69 Å². The van der Waals surface area contributed by atoms with E-state index in [1.807, 2.05) is 18.2 Å². The van der Waals surface area contributed by atoms with Crippen molar-refractivity contribution in [3.05, 3.63) is 59.4 Å². The van der Waals surface area contributed by atoms with E-state index in [0.29, 0.717) is 6.54 Å². The average molecular weight is 213 g/mol. The molecule has 0 fully saturated rings. The summed E-state index contributed by atoms with van der Waals surface area (Å²) in [4.78, 5) is 4.35. The minimum Gasteiger partial charge on any atom is -0.398 e. The van der Waals surface area contributed by atoms with Crippen LogP contribution in [-0.2, 0) is 13.0 Å². The molecule has 0 radical (unpaired) electrons. The van der Waals surface area contributed by atoms with Crippen molar-refractivity contribution in [2.75, 3.05) is 5.73 Å². The molecule has 0 unspecified atom stereocenters. The normalized spacial score (nSPS) is 10.3. The molecule has 3 nitrogen and oxygen atoms in total. The second-order valence-corrected chi connectivity index (χ2v) is 3.69. The van der Waals surface area contributed by atoms with Crippen molar-refractivity contribution in [2.24, 2.45) is 5.73 Å². The molecular weight excluding hydrogens is 198 g/mol. The van der Waals surface area contributed by atoms with E-state index >= 15 is 0 Å². The van der Waals surface area contributed by atoms with Crippen LogP contribution in [-0.4, -0.2) is 4.98 Å². The molecule has 0 amide bonds. The smallest absolute Gasteiger partial charge is 0.0512 e. The molecule has 82 valence electrons. The highest BCUT2D eigenvalue weighted by Gasteiger charge is 2.06. The molecule has 2 aromatic rings. The second-order valence-electron chi connectivity index (χ2n) is 3.69. The average Bonchev–Trinajstić information content (AvgIpc) is 2.31. The first-order valence-corrected chi connectivity index (χ1v) is 5.27. The number of nitrogen functional groups attached to an aromatic ring is 1. The van der Waals surface area contributed by atoms with Gasteiger partial charge < -0.3 is 11.5 Å². The molecule has 1 aromatic heterocycles. The number of hydrogen-bond acceptors (Lipinski definition) is 3. The molecule has 0 aliphatic carbocycles. The first-order valence-electron chi connectivity index (χ1n) is 5.27. The fraction of sp³-hybridized carbons (Fsp3) is 0.154. The van der Waals surface area contributed by atoms with Gasteiger partial charge in [0.2, 0.25) is 0 Å². The maximum absolute atomic E-state index is 5.87. The van der Waals surface area contributed by atoms with Crippen molar-refractivity contribution in [1.82, 2.24) is 4.98 Å². The summed E-state index contributed by atoms with van der Waals surface area (Å²) in [6, 6.07) is 12.0. The Bertz CT molecular complexity index is 466. The number of nitrogens with two attached hydrogens (primary N) is 2.